The number of rotatable bonds is 2. The van der Waals surface area contributed by atoms with Crippen LogP contribution < -0.4 is 5.46 Å². The van der Waals surface area contributed by atoms with Crippen LogP contribution in [0.5, 0.6) is 0 Å². The Hall–Kier alpha value is -1.40. The molecule has 2 heterocycles. The number of hydrogen-bond donors (Lipinski definition) is 0. The second-order valence-electron chi connectivity index (χ2n) is 7.20. The van der Waals surface area contributed by atoms with Gasteiger partial charge < -0.3 is 13.9 Å². The van der Waals surface area contributed by atoms with Gasteiger partial charge in [0.2, 0.25) is 0 Å². The second kappa shape index (κ2) is 4.80. The van der Waals surface area contributed by atoms with E-state index in [9.17, 15) is 4.39 Å². The minimum atomic E-state index is -0.570. The molecule has 0 N–H and O–H groups in total. The molecule has 3 rings (SSSR count). The molecule has 0 bridgehead atoms. The summed E-state index contributed by atoms with van der Waals surface area (Å²) in [5.74, 6) is -0.346. The summed E-state index contributed by atoms with van der Waals surface area (Å²) in [4.78, 5) is 4.17. The van der Waals surface area contributed by atoms with Crippen LogP contribution in [0.3, 0.4) is 0 Å². The van der Waals surface area contributed by atoms with Crippen LogP contribution in [-0.4, -0.2) is 27.9 Å². The lowest BCUT2D eigenvalue weighted by atomic mass is 9.79. The van der Waals surface area contributed by atoms with Gasteiger partial charge in [0, 0.05) is 6.04 Å². The van der Waals surface area contributed by atoms with E-state index in [0.29, 0.717) is 11.0 Å². The molecule has 1 fully saturated rings. The molecular weight excluding hydrogens is 282 g/mol. The second-order valence-corrected chi connectivity index (χ2v) is 7.20. The standard InChI is InChI=1S/C16H22BFN2O2/c1-10(2)20-9-19-14-12(18)7-11(8-13(14)20)17-21-15(3,4)16(5,6)22-17/h7-10H,1-6H3. The lowest BCUT2D eigenvalue weighted by Gasteiger charge is -2.32. The Labute approximate surface area is 130 Å². The normalized spacial score (nSPS) is 20.3. The number of imidazole rings is 1. The zero-order chi connectivity index (χ0) is 16.3. The molecule has 0 spiro atoms. The van der Waals surface area contributed by atoms with Crippen molar-refractivity contribution < 1.29 is 13.7 Å². The third kappa shape index (κ3) is 2.25. The summed E-state index contributed by atoms with van der Waals surface area (Å²) in [7, 11) is -0.570. The van der Waals surface area contributed by atoms with Gasteiger partial charge in [0.25, 0.3) is 0 Å². The summed E-state index contributed by atoms with van der Waals surface area (Å²) in [5.41, 5.74) is 0.947. The van der Waals surface area contributed by atoms with Crippen molar-refractivity contribution in [2.45, 2.75) is 58.8 Å². The van der Waals surface area contributed by atoms with Gasteiger partial charge >= 0.3 is 7.12 Å². The molecule has 2 aromatic rings. The fraction of sp³-hybridized carbons (Fsp3) is 0.562. The van der Waals surface area contributed by atoms with E-state index >= 15 is 0 Å². The van der Waals surface area contributed by atoms with E-state index in [1.165, 1.54) is 6.07 Å². The van der Waals surface area contributed by atoms with E-state index < -0.39 is 18.3 Å². The van der Waals surface area contributed by atoms with Crippen molar-refractivity contribution in [1.82, 2.24) is 9.55 Å². The first-order valence-corrected chi connectivity index (χ1v) is 7.64. The molecule has 1 saturated heterocycles. The van der Waals surface area contributed by atoms with Crippen LogP contribution in [0.15, 0.2) is 18.5 Å². The summed E-state index contributed by atoms with van der Waals surface area (Å²) >= 11 is 0. The van der Waals surface area contributed by atoms with Gasteiger partial charge in [-0.3, -0.25) is 0 Å². The van der Waals surface area contributed by atoms with E-state index in [1.807, 2.05) is 52.2 Å². The Morgan fingerprint density at radius 1 is 1.14 bits per heavy atom. The minimum absolute atomic E-state index is 0.206. The molecule has 4 nitrogen and oxygen atoms in total. The number of benzene rings is 1. The molecule has 0 atom stereocenters. The van der Waals surface area contributed by atoms with Crippen molar-refractivity contribution in [3.05, 3.63) is 24.3 Å². The van der Waals surface area contributed by atoms with Gasteiger partial charge in [0.15, 0.2) is 5.82 Å². The Morgan fingerprint density at radius 2 is 1.73 bits per heavy atom. The Morgan fingerprint density at radius 3 is 2.27 bits per heavy atom. The van der Waals surface area contributed by atoms with Crippen LogP contribution in [0.4, 0.5) is 4.39 Å². The largest absolute Gasteiger partial charge is 0.495 e. The maximum absolute atomic E-state index is 14.4. The fourth-order valence-electron chi connectivity index (χ4n) is 2.64. The van der Waals surface area contributed by atoms with Crippen molar-refractivity contribution in [1.29, 1.82) is 0 Å². The fourth-order valence-corrected chi connectivity index (χ4v) is 2.64. The Balaban J connectivity index is 2.07. The van der Waals surface area contributed by atoms with Crippen molar-refractivity contribution in [2.75, 3.05) is 0 Å². The molecule has 1 aromatic heterocycles. The zero-order valence-corrected chi connectivity index (χ0v) is 14.0. The highest BCUT2D eigenvalue weighted by Crippen LogP contribution is 2.36. The number of aromatic nitrogens is 2. The van der Waals surface area contributed by atoms with Crippen molar-refractivity contribution in [3.63, 3.8) is 0 Å². The number of fused-ring (bicyclic) bond motifs is 1. The molecule has 22 heavy (non-hydrogen) atoms. The first kappa shape index (κ1) is 15.5. The number of hydrogen-bond acceptors (Lipinski definition) is 3. The van der Waals surface area contributed by atoms with Gasteiger partial charge in [-0.05, 0) is 59.1 Å². The van der Waals surface area contributed by atoms with E-state index in [0.717, 1.165) is 5.52 Å². The highest BCUT2D eigenvalue weighted by atomic mass is 19.1. The SMILES string of the molecule is CC(C)n1cnc2c(F)cc(B3OC(C)(C)C(C)(C)O3)cc21. The molecule has 0 radical (unpaired) electrons. The molecule has 0 saturated carbocycles. The monoisotopic (exact) mass is 304 g/mol. The summed E-state index contributed by atoms with van der Waals surface area (Å²) in [6, 6.07) is 3.58. The third-order valence-corrected chi connectivity index (χ3v) is 4.74. The van der Waals surface area contributed by atoms with E-state index in [4.69, 9.17) is 9.31 Å². The maximum atomic E-state index is 14.4. The average Bonchev–Trinajstić information content (AvgIpc) is 2.89. The van der Waals surface area contributed by atoms with Gasteiger partial charge in [-0.1, -0.05) is 0 Å². The van der Waals surface area contributed by atoms with E-state index in [-0.39, 0.29) is 11.9 Å². The highest BCUT2D eigenvalue weighted by Gasteiger charge is 2.51. The Kier molecular flexibility index (Phi) is 3.38. The molecule has 1 aliphatic heterocycles. The number of nitrogens with zero attached hydrogens (tertiary/aromatic N) is 2. The van der Waals surface area contributed by atoms with E-state index in [1.54, 1.807) is 6.33 Å². The maximum Gasteiger partial charge on any atom is 0.495 e. The smallest absolute Gasteiger partial charge is 0.399 e. The summed E-state index contributed by atoms with van der Waals surface area (Å²) < 4.78 is 28.4. The molecule has 1 aliphatic rings. The zero-order valence-electron chi connectivity index (χ0n) is 14.0. The van der Waals surface area contributed by atoms with Crippen molar-refractivity contribution in [3.8, 4) is 0 Å². The van der Waals surface area contributed by atoms with Crippen LogP contribution in [0.25, 0.3) is 11.0 Å². The van der Waals surface area contributed by atoms with Gasteiger partial charge in [-0.2, -0.15) is 0 Å². The highest BCUT2D eigenvalue weighted by molar-refractivity contribution is 6.62. The third-order valence-electron chi connectivity index (χ3n) is 4.74. The van der Waals surface area contributed by atoms with Crippen LogP contribution in [0.2, 0.25) is 0 Å². The first-order valence-electron chi connectivity index (χ1n) is 7.64. The molecular formula is C16H22BFN2O2. The van der Waals surface area contributed by atoms with Gasteiger partial charge in [0.1, 0.15) is 5.52 Å². The molecule has 0 aliphatic carbocycles. The molecule has 118 valence electrons. The van der Waals surface area contributed by atoms with Gasteiger partial charge in [-0.25, -0.2) is 9.37 Å². The summed E-state index contributed by atoms with van der Waals surface area (Å²) in [6.45, 7) is 12.0. The van der Waals surface area contributed by atoms with Crippen LogP contribution in [-0.2, 0) is 9.31 Å². The lowest BCUT2D eigenvalue weighted by Crippen LogP contribution is -2.41. The Bertz CT molecular complexity index is 708. The van der Waals surface area contributed by atoms with Crippen LogP contribution >= 0.6 is 0 Å². The topological polar surface area (TPSA) is 36.3 Å². The molecule has 0 amide bonds. The predicted octanol–water partition coefficient (Wildman–Crippen LogP) is 3.06. The van der Waals surface area contributed by atoms with Crippen molar-refractivity contribution in [2.24, 2.45) is 0 Å². The average molecular weight is 304 g/mol. The number of halogens is 1. The van der Waals surface area contributed by atoms with Gasteiger partial charge in [-0.15, -0.1) is 0 Å². The molecule has 1 aromatic carbocycles. The predicted molar refractivity (Wildman–Crippen MR) is 85.8 cm³/mol. The van der Waals surface area contributed by atoms with Crippen LogP contribution in [0.1, 0.15) is 47.6 Å². The quantitative estimate of drug-likeness (QED) is 0.800. The first-order chi connectivity index (χ1) is 10.1. The summed E-state index contributed by atoms with van der Waals surface area (Å²) in [6.07, 6.45) is 1.67. The van der Waals surface area contributed by atoms with E-state index in [2.05, 4.69) is 4.98 Å². The van der Waals surface area contributed by atoms with Gasteiger partial charge in [0.05, 0.1) is 23.0 Å². The summed E-state index contributed by atoms with van der Waals surface area (Å²) in [5, 5.41) is 0. The lowest BCUT2D eigenvalue weighted by molar-refractivity contribution is 0.00578. The minimum Gasteiger partial charge on any atom is -0.399 e. The van der Waals surface area contributed by atoms with Crippen LogP contribution in [0, 0.1) is 5.82 Å². The van der Waals surface area contributed by atoms with Crippen molar-refractivity contribution >= 4 is 23.6 Å². The molecule has 6 heteroatoms. The molecule has 0 unspecified atom stereocenters.